The molecule has 0 aliphatic carbocycles. The number of rotatable bonds is 5. The van der Waals surface area contributed by atoms with Crippen LogP contribution in [-0.4, -0.2) is 0 Å². The molecule has 0 nitrogen and oxygen atoms in total. The van der Waals surface area contributed by atoms with Crippen LogP contribution in [0, 0.1) is 35.5 Å². The summed E-state index contributed by atoms with van der Waals surface area (Å²) in [5, 5.41) is 0. The van der Waals surface area contributed by atoms with Crippen LogP contribution < -0.4 is 0 Å². The van der Waals surface area contributed by atoms with Gasteiger partial charge in [0.1, 0.15) is 0 Å². The van der Waals surface area contributed by atoms with Gasteiger partial charge >= 0.3 is 0 Å². The largest absolute Gasteiger partial charge is 0.0651 e. The average Bonchev–Trinajstić information content (AvgIpc) is 2.16. The van der Waals surface area contributed by atoms with Crippen LogP contribution in [0.1, 0.15) is 75.7 Å². The zero-order valence-corrected chi connectivity index (χ0v) is 14.2. The highest BCUT2D eigenvalue weighted by Gasteiger charge is 2.13. The lowest BCUT2D eigenvalue weighted by Gasteiger charge is -2.22. The lowest BCUT2D eigenvalue weighted by Crippen LogP contribution is -2.13. The molecule has 0 saturated carbocycles. The highest BCUT2D eigenvalue weighted by Crippen LogP contribution is 2.23. The molecule has 0 unspecified atom stereocenters. The zero-order chi connectivity index (χ0) is 14.2. The van der Waals surface area contributed by atoms with E-state index >= 15 is 0 Å². The molecule has 0 saturated heterocycles. The molecule has 0 aliphatic heterocycles. The molecule has 0 aliphatic rings. The third-order valence-corrected chi connectivity index (χ3v) is 4.29. The van der Waals surface area contributed by atoms with E-state index in [0.717, 1.165) is 35.5 Å². The van der Waals surface area contributed by atoms with Gasteiger partial charge in [-0.2, -0.15) is 0 Å². The van der Waals surface area contributed by atoms with Crippen LogP contribution in [0.4, 0.5) is 0 Å². The molecule has 0 radical (unpaired) electrons. The molecule has 17 heavy (non-hydrogen) atoms. The van der Waals surface area contributed by atoms with Crippen molar-refractivity contribution in [3.63, 3.8) is 0 Å². The van der Waals surface area contributed by atoms with Gasteiger partial charge in [0, 0.05) is 0 Å². The van der Waals surface area contributed by atoms with E-state index in [4.69, 9.17) is 0 Å². The summed E-state index contributed by atoms with van der Waals surface area (Å²) in [6, 6.07) is 0. The van der Waals surface area contributed by atoms with Gasteiger partial charge in [-0.15, -0.1) is 0 Å². The van der Waals surface area contributed by atoms with Crippen molar-refractivity contribution in [2.45, 2.75) is 75.7 Å². The second-order valence-corrected chi connectivity index (χ2v) is 6.91. The summed E-state index contributed by atoms with van der Waals surface area (Å²) in [7, 11) is 0. The maximum Gasteiger partial charge on any atom is -0.0371 e. The van der Waals surface area contributed by atoms with Crippen molar-refractivity contribution < 1.29 is 0 Å². The minimum absolute atomic E-state index is 0.843. The van der Waals surface area contributed by atoms with Gasteiger partial charge in [0.25, 0.3) is 0 Å². The van der Waals surface area contributed by atoms with Crippen LogP contribution in [0.5, 0.6) is 0 Å². The molecule has 106 valence electrons. The predicted octanol–water partition coefficient (Wildman–Crippen LogP) is 6.26. The summed E-state index contributed by atoms with van der Waals surface area (Å²) in [4.78, 5) is 0. The first-order valence-corrected chi connectivity index (χ1v) is 7.64. The summed E-state index contributed by atoms with van der Waals surface area (Å²) in [6.45, 7) is 23.0. The maximum absolute atomic E-state index is 2.31. The second-order valence-electron chi connectivity index (χ2n) is 6.91. The van der Waals surface area contributed by atoms with Crippen molar-refractivity contribution in [2.24, 2.45) is 35.5 Å². The normalized spacial score (nSPS) is 12.0. The zero-order valence-electron chi connectivity index (χ0n) is 14.2. The first-order valence-electron chi connectivity index (χ1n) is 7.64. The first kappa shape index (κ1) is 19.3. The standard InChI is InChI=1S/C9H20.C8H18/c1-6-9(7(2)3)8(4)5;1-6(2)8(5)7(3)4/h7-9H,6H2,1-5H3;6-8H,1-5H3. The van der Waals surface area contributed by atoms with Crippen molar-refractivity contribution in [1.82, 2.24) is 0 Å². The number of hydrogen-bond acceptors (Lipinski definition) is 0. The van der Waals surface area contributed by atoms with E-state index in [1.165, 1.54) is 6.42 Å². The molecule has 0 N–H and O–H groups in total. The first-order chi connectivity index (χ1) is 7.64. The van der Waals surface area contributed by atoms with Gasteiger partial charge in [0.15, 0.2) is 0 Å². The molecule has 0 heteroatoms. The fraction of sp³-hybridized carbons (Fsp3) is 1.00. The second kappa shape index (κ2) is 9.97. The minimum atomic E-state index is 0.843. The van der Waals surface area contributed by atoms with Gasteiger partial charge in [-0.25, -0.2) is 0 Å². The lowest BCUT2D eigenvalue weighted by atomic mass is 9.84. The summed E-state index contributed by atoms with van der Waals surface area (Å²) in [6.07, 6.45) is 1.33. The van der Waals surface area contributed by atoms with E-state index in [2.05, 4.69) is 69.2 Å². The van der Waals surface area contributed by atoms with Crippen LogP contribution in [0.3, 0.4) is 0 Å². The molecule has 0 aromatic carbocycles. The lowest BCUT2D eigenvalue weighted by molar-refractivity contribution is 0.279. The molecule has 0 aromatic heterocycles. The Morgan fingerprint density at radius 2 is 0.824 bits per heavy atom. The van der Waals surface area contributed by atoms with E-state index in [-0.39, 0.29) is 0 Å². The van der Waals surface area contributed by atoms with Crippen LogP contribution in [-0.2, 0) is 0 Å². The summed E-state index contributed by atoms with van der Waals surface area (Å²) < 4.78 is 0. The van der Waals surface area contributed by atoms with E-state index in [9.17, 15) is 0 Å². The molecular weight excluding hydrogens is 204 g/mol. The number of hydrogen-bond donors (Lipinski definition) is 0. The Balaban J connectivity index is 0. The van der Waals surface area contributed by atoms with E-state index < -0.39 is 0 Å². The van der Waals surface area contributed by atoms with Crippen LogP contribution in [0.15, 0.2) is 0 Å². The Kier molecular flexibility index (Phi) is 11.3. The molecule has 0 spiro atoms. The highest BCUT2D eigenvalue weighted by atomic mass is 14.2. The Hall–Kier alpha value is 0. The Labute approximate surface area is 112 Å². The van der Waals surface area contributed by atoms with Crippen molar-refractivity contribution in [3.05, 3.63) is 0 Å². The van der Waals surface area contributed by atoms with E-state index in [1.54, 1.807) is 0 Å². The summed E-state index contributed by atoms with van der Waals surface area (Å²) in [5.41, 5.74) is 0. The molecular formula is C17H38. The molecule has 0 amide bonds. The van der Waals surface area contributed by atoms with Gasteiger partial charge in [-0.3, -0.25) is 0 Å². The SMILES string of the molecule is CC(C)C(C)C(C)C.CCC(C(C)C)C(C)C. The third kappa shape index (κ3) is 9.68. The quantitative estimate of drug-likeness (QED) is 0.534. The van der Waals surface area contributed by atoms with Crippen molar-refractivity contribution in [1.29, 1.82) is 0 Å². The van der Waals surface area contributed by atoms with Crippen LogP contribution in [0.2, 0.25) is 0 Å². The topological polar surface area (TPSA) is 0 Å². The highest BCUT2D eigenvalue weighted by molar-refractivity contribution is 4.63. The monoisotopic (exact) mass is 242 g/mol. The minimum Gasteiger partial charge on any atom is -0.0651 e. The predicted molar refractivity (Wildman–Crippen MR) is 82.3 cm³/mol. The summed E-state index contributed by atoms with van der Waals surface area (Å²) in [5.74, 6) is 5.19. The smallest absolute Gasteiger partial charge is 0.0371 e. The molecule has 0 rings (SSSR count). The Morgan fingerprint density at radius 1 is 0.529 bits per heavy atom. The van der Waals surface area contributed by atoms with Crippen molar-refractivity contribution >= 4 is 0 Å². The average molecular weight is 242 g/mol. The molecule has 0 aromatic rings. The maximum atomic E-state index is 2.31. The van der Waals surface area contributed by atoms with Crippen molar-refractivity contribution in [3.8, 4) is 0 Å². The van der Waals surface area contributed by atoms with Gasteiger partial charge in [-0.1, -0.05) is 75.7 Å². The van der Waals surface area contributed by atoms with E-state index in [1.807, 2.05) is 0 Å². The fourth-order valence-corrected chi connectivity index (χ4v) is 2.48. The molecule has 0 atom stereocenters. The fourth-order valence-electron chi connectivity index (χ4n) is 2.48. The van der Waals surface area contributed by atoms with Gasteiger partial charge in [0.05, 0.1) is 0 Å². The molecule has 0 heterocycles. The summed E-state index contributed by atoms with van der Waals surface area (Å²) >= 11 is 0. The van der Waals surface area contributed by atoms with Gasteiger partial charge < -0.3 is 0 Å². The Bertz CT molecular complexity index is 137. The van der Waals surface area contributed by atoms with E-state index in [0.29, 0.717) is 0 Å². The Morgan fingerprint density at radius 3 is 0.824 bits per heavy atom. The van der Waals surface area contributed by atoms with Crippen LogP contribution in [0.25, 0.3) is 0 Å². The third-order valence-electron chi connectivity index (χ3n) is 4.29. The van der Waals surface area contributed by atoms with Crippen molar-refractivity contribution in [2.75, 3.05) is 0 Å². The molecule has 0 bridgehead atoms. The molecule has 0 fully saturated rings. The van der Waals surface area contributed by atoms with Gasteiger partial charge in [-0.05, 0) is 35.5 Å². The van der Waals surface area contributed by atoms with Crippen LogP contribution >= 0.6 is 0 Å². The van der Waals surface area contributed by atoms with Gasteiger partial charge in [0.2, 0.25) is 0 Å².